The van der Waals surface area contributed by atoms with Gasteiger partial charge in [-0.05, 0) is 36.4 Å². The Morgan fingerprint density at radius 1 is 0.769 bits per heavy atom. The van der Waals surface area contributed by atoms with Crippen molar-refractivity contribution in [2.45, 2.75) is 12.8 Å². The van der Waals surface area contributed by atoms with Crippen molar-refractivity contribution < 1.29 is 29.0 Å². The van der Waals surface area contributed by atoms with E-state index in [1.165, 1.54) is 24.3 Å². The van der Waals surface area contributed by atoms with Gasteiger partial charge in [-0.15, -0.1) is 0 Å². The lowest BCUT2D eigenvalue weighted by Gasteiger charge is -2.08. The molecule has 0 radical (unpaired) electrons. The Labute approximate surface area is 148 Å². The highest BCUT2D eigenvalue weighted by molar-refractivity contribution is 6.43. The molecule has 0 unspecified atom stereocenters. The van der Waals surface area contributed by atoms with Crippen LogP contribution in [0, 0.1) is 0 Å². The van der Waals surface area contributed by atoms with Gasteiger partial charge in [0.05, 0.1) is 12.8 Å². The largest absolute Gasteiger partial charge is 0.481 e. The second-order valence-electron chi connectivity index (χ2n) is 5.17. The maximum absolute atomic E-state index is 11.9. The summed E-state index contributed by atoms with van der Waals surface area (Å²) in [6.07, 6.45) is -0.559. The number of amides is 2. The normalized spacial score (nSPS) is 9.85. The zero-order valence-electron chi connectivity index (χ0n) is 13.6. The lowest BCUT2D eigenvalue weighted by Crippen LogP contribution is -2.29. The number of carboxylic acid groups (broad SMARTS) is 1. The van der Waals surface area contributed by atoms with Crippen LogP contribution in [0.1, 0.15) is 12.8 Å². The number of carbonyl (C=O) groups excluding carboxylic acids is 3. The third kappa shape index (κ3) is 6.08. The van der Waals surface area contributed by atoms with Crippen LogP contribution >= 0.6 is 0 Å². The van der Waals surface area contributed by atoms with Gasteiger partial charge in [-0.1, -0.05) is 18.2 Å². The molecule has 0 fully saturated rings. The molecule has 0 heterocycles. The highest BCUT2D eigenvalue weighted by Crippen LogP contribution is 2.16. The van der Waals surface area contributed by atoms with Crippen LogP contribution in [0.2, 0.25) is 0 Å². The van der Waals surface area contributed by atoms with Crippen LogP contribution in [0.25, 0.3) is 0 Å². The van der Waals surface area contributed by atoms with Crippen molar-refractivity contribution in [1.82, 2.24) is 0 Å². The van der Waals surface area contributed by atoms with Gasteiger partial charge in [-0.25, -0.2) is 0 Å². The molecular weight excluding hydrogens is 340 g/mol. The molecule has 0 aliphatic rings. The van der Waals surface area contributed by atoms with E-state index in [1.54, 1.807) is 30.3 Å². The fourth-order valence-corrected chi connectivity index (χ4v) is 1.89. The molecule has 0 saturated heterocycles. The van der Waals surface area contributed by atoms with E-state index in [1.807, 2.05) is 0 Å². The molecule has 0 spiro atoms. The van der Waals surface area contributed by atoms with Crippen molar-refractivity contribution in [1.29, 1.82) is 0 Å². The van der Waals surface area contributed by atoms with Gasteiger partial charge in [0.1, 0.15) is 5.75 Å². The second kappa shape index (κ2) is 8.97. The summed E-state index contributed by atoms with van der Waals surface area (Å²) in [5.74, 6) is -3.23. The van der Waals surface area contributed by atoms with E-state index in [-0.39, 0.29) is 18.6 Å². The number of nitrogens with one attached hydrogen (secondary N) is 2. The summed E-state index contributed by atoms with van der Waals surface area (Å²) in [6.45, 7) is 0. The van der Waals surface area contributed by atoms with E-state index in [2.05, 4.69) is 10.6 Å². The van der Waals surface area contributed by atoms with Crippen molar-refractivity contribution in [3.05, 3.63) is 54.6 Å². The first-order valence-electron chi connectivity index (χ1n) is 7.64. The zero-order chi connectivity index (χ0) is 18.9. The summed E-state index contributed by atoms with van der Waals surface area (Å²) in [5.41, 5.74) is 0.833. The molecular formula is C18H16N2O6. The standard InChI is InChI=1S/C18H16N2O6/c21-15(22)10-11-16(23)26-14-8-6-13(7-9-14)20-18(25)17(24)19-12-4-2-1-3-5-12/h1-9H,10-11H2,(H,19,24)(H,20,25)(H,21,22). The van der Waals surface area contributed by atoms with Crippen LogP contribution in [-0.2, 0) is 19.2 Å². The van der Waals surface area contributed by atoms with Crippen LogP contribution in [0.5, 0.6) is 5.75 Å². The van der Waals surface area contributed by atoms with Crippen molar-refractivity contribution in [3.63, 3.8) is 0 Å². The highest BCUT2D eigenvalue weighted by atomic mass is 16.5. The maximum Gasteiger partial charge on any atom is 0.314 e. The van der Waals surface area contributed by atoms with Crippen LogP contribution in [0.4, 0.5) is 11.4 Å². The number of hydrogen-bond donors (Lipinski definition) is 3. The predicted octanol–water partition coefficient (Wildman–Crippen LogP) is 2.03. The molecule has 8 heteroatoms. The van der Waals surface area contributed by atoms with E-state index in [4.69, 9.17) is 9.84 Å². The number of benzene rings is 2. The molecule has 8 nitrogen and oxygen atoms in total. The number of carboxylic acids is 1. The number of esters is 1. The number of carbonyl (C=O) groups is 4. The lowest BCUT2D eigenvalue weighted by atomic mass is 10.3. The zero-order valence-corrected chi connectivity index (χ0v) is 13.6. The van der Waals surface area contributed by atoms with Crippen molar-refractivity contribution >= 4 is 35.1 Å². The quantitative estimate of drug-likeness (QED) is 0.414. The molecule has 0 saturated carbocycles. The van der Waals surface area contributed by atoms with Crippen LogP contribution in [0.3, 0.4) is 0 Å². The Bertz CT molecular complexity index is 802. The summed E-state index contributed by atoms with van der Waals surface area (Å²) in [6, 6.07) is 14.3. The third-order valence-corrected chi connectivity index (χ3v) is 3.12. The van der Waals surface area contributed by atoms with Gasteiger partial charge in [0.25, 0.3) is 0 Å². The molecule has 0 aromatic heterocycles. The van der Waals surface area contributed by atoms with E-state index in [9.17, 15) is 19.2 Å². The summed E-state index contributed by atoms with van der Waals surface area (Å²) in [7, 11) is 0. The highest BCUT2D eigenvalue weighted by Gasteiger charge is 2.14. The molecule has 2 rings (SSSR count). The van der Waals surface area contributed by atoms with Crippen molar-refractivity contribution in [2.75, 3.05) is 10.6 Å². The second-order valence-corrected chi connectivity index (χ2v) is 5.17. The van der Waals surface area contributed by atoms with Gasteiger partial charge in [-0.2, -0.15) is 0 Å². The lowest BCUT2D eigenvalue weighted by molar-refractivity contribution is -0.142. The average Bonchev–Trinajstić information content (AvgIpc) is 2.62. The first-order chi connectivity index (χ1) is 12.4. The number of hydrogen-bond acceptors (Lipinski definition) is 5. The summed E-state index contributed by atoms with van der Waals surface area (Å²) in [5, 5.41) is 13.4. The molecule has 3 N–H and O–H groups in total. The Morgan fingerprint density at radius 2 is 1.31 bits per heavy atom. The van der Waals surface area contributed by atoms with Crippen LogP contribution < -0.4 is 15.4 Å². The maximum atomic E-state index is 11.9. The van der Waals surface area contributed by atoms with Gasteiger partial charge in [-0.3, -0.25) is 19.2 Å². The molecule has 0 atom stereocenters. The minimum atomic E-state index is -1.09. The molecule has 2 amide bonds. The average molecular weight is 356 g/mol. The van der Waals surface area contributed by atoms with Gasteiger partial charge < -0.3 is 20.5 Å². The third-order valence-electron chi connectivity index (χ3n) is 3.12. The first-order valence-corrected chi connectivity index (χ1v) is 7.64. The number of rotatable bonds is 6. The summed E-state index contributed by atoms with van der Waals surface area (Å²) in [4.78, 5) is 45.5. The molecule has 0 bridgehead atoms. The summed E-state index contributed by atoms with van der Waals surface area (Å²) < 4.78 is 4.96. The van der Waals surface area contributed by atoms with Crippen LogP contribution in [0.15, 0.2) is 54.6 Å². The Hall–Kier alpha value is -3.68. The number of ether oxygens (including phenoxy) is 1. The van der Waals surface area contributed by atoms with E-state index in [0.29, 0.717) is 11.4 Å². The predicted molar refractivity (Wildman–Crippen MR) is 92.6 cm³/mol. The minimum absolute atomic E-state index is 0.201. The topological polar surface area (TPSA) is 122 Å². The van der Waals surface area contributed by atoms with Crippen molar-refractivity contribution in [2.24, 2.45) is 0 Å². The first kappa shape index (κ1) is 18.7. The number of para-hydroxylation sites is 1. The smallest absolute Gasteiger partial charge is 0.314 e. The minimum Gasteiger partial charge on any atom is -0.481 e. The molecule has 26 heavy (non-hydrogen) atoms. The number of anilines is 2. The molecule has 2 aromatic carbocycles. The molecule has 0 aliphatic heterocycles. The van der Waals surface area contributed by atoms with Gasteiger partial charge in [0.15, 0.2) is 0 Å². The molecule has 0 aliphatic carbocycles. The van der Waals surface area contributed by atoms with Gasteiger partial charge >= 0.3 is 23.8 Å². The van der Waals surface area contributed by atoms with E-state index in [0.717, 1.165) is 0 Å². The van der Waals surface area contributed by atoms with E-state index >= 15 is 0 Å². The van der Waals surface area contributed by atoms with Gasteiger partial charge in [0, 0.05) is 11.4 Å². The molecule has 134 valence electrons. The Kier molecular flexibility index (Phi) is 6.44. The fourth-order valence-electron chi connectivity index (χ4n) is 1.89. The Balaban J connectivity index is 1.86. The van der Waals surface area contributed by atoms with Crippen molar-refractivity contribution in [3.8, 4) is 5.75 Å². The SMILES string of the molecule is O=C(O)CCC(=O)Oc1ccc(NC(=O)C(=O)Nc2ccccc2)cc1. The monoisotopic (exact) mass is 356 g/mol. The fraction of sp³-hybridized carbons (Fsp3) is 0.111. The van der Waals surface area contributed by atoms with Crippen LogP contribution in [-0.4, -0.2) is 28.9 Å². The Morgan fingerprint density at radius 3 is 1.85 bits per heavy atom. The molecule has 2 aromatic rings. The number of aliphatic carboxylic acids is 1. The van der Waals surface area contributed by atoms with Gasteiger partial charge in [0.2, 0.25) is 0 Å². The van der Waals surface area contributed by atoms with E-state index < -0.39 is 23.8 Å². The summed E-state index contributed by atoms with van der Waals surface area (Å²) >= 11 is 0.